The molecule has 1 saturated carbocycles. The van der Waals surface area contributed by atoms with Gasteiger partial charge in [-0.25, -0.2) is 0 Å². The molecule has 0 bridgehead atoms. The van der Waals surface area contributed by atoms with Gasteiger partial charge in [0.1, 0.15) is 0 Å². The molecule has 0 aromatic heterocycles. The number of alkyl halides is 2. The van der Waals surface area contributed by atoms with E-state index in [-0.39, 0.29) is 0 Å². The maximum Gasteiger partial charge on any atom is 0.00365 e. The minimum atomic E-state index is 0.670. The minimum Gasteiger partial charge on any atom is -0.0928 e. The Bertz CT molecular complexity index is 118. The molecule has 2 heteroatoms. The molecule has 1 aliphatic rings. The largest absolute Gasteiger partial charge is 0.0928 e. The van der Waals surface area contributed by atoms with E-state index in [1.54, 1.807) is 0 Å². The molecule has 0 radical (unpaired) electrons. The van der Waals surface area contributed by atoms with Crippen LogP contribution in [0, 0.1) is 5.41 Å². The predicted molar refractivity (Wildman–Crippen MR) is 67.0 cm³/mol. The molecular formula is C11H20Br2. The predicted octanol–water partition coefficient (Wildman–Crippen LogP) is 4.90. The molecule has 0 aliphatic heterocycles. The molecule has 0 unspecified atom stereocenters. The Kier molecular flexibility index (Phi) is 5.96. The lowest BCUT2D eigenvalue weighted by atomic mass is 9.76. The van der Waals surface area contributed by atoms with E-state index in [0.717, 1.165) is 0 Å². The summed E-state index contributed by atoms with van der Waals surface area (Å²) in [6.45, 7) is 0. The third-order valence-electron chi connectivity index (χ3n) is 3.41. The summed E-state index contributed by atoms with van der Waals surface area (Å²) in [5.74, 6) is 0. The monoisotopic (exact) mass is 310 g/mol. The molecule has 0 aromatic carbocycles. The molecular weight excluding hydrogens is 292 g/mol. The molecule has 0 saturated heterocycles. The Hall–Kier alpha value is 0.960. The van der Waals surface area contributed by atoms with Crippen molar-refractivity contribution >= 4 is 31.9 Å². The van der Waals surface area contributed by atoms with Crippen molar-refractivity contribution < 1.29 is 0 Å². The van der Waals surface area contributed by atoms with Gasteiger partial charge < -0.3 is 0 Å². The molecule has 1 rings (SSSR count). The fraction of sp³-hybridized carbons (Fsp3) is 1.00. The third-order valence-corrected chi connectivity index (χ3v) is 4.21. The van der Waals surface area contributed by atoms with E-state index >= 15 is 0 Å². The van der Waals surface area contributed by atoms with E-state index in [4.69, 9.17) is 0 Å². The van der Waals surface area contributed by atoms with Gasteiger partial charge in [-0.05, 0) is 31.1 Å². The molecule has 0 atom stereocenters. The van der Waals surface area contributed by atoms with Crippen molar-refractivity contribution in [2.75, 3.05) is 10.7 Å². The topological polar surface area (TPSA) is 0 Å². The van der Waals surface area contributed by atoms with Crippen molar-refractivity contribution in [2.24, 2.45) is 5.41 Å². The zero-order chi connectivity index (χ0) is 9.57. The van der Waals surface area contributed by atoms with Gasteiger partial charge in [0.2, 0.25) is 0 Å². The first-order valence-corrected chi connectivity index (χ1v) is 7.69. The minimum absolute atomic E-state index is 0.670. The summed E-state index contributed by atoms with van der Waals surface area (Å²) in [5, 5.41) is 2.36. The number of rotatable bonds is 4. The molecule has 0 nitrogen and oxygen atoms in total. The van der Waals surface area contributed by atoms with Crippen molar-refractivity contribution in [1.82, 2.24) is 0 Å². The van der Waals surface area contributed by atoms with Crippen LogP contribution in [0.25, 0.3) is 0 Å². The fourth-order valence-corrected chi connectivity index (χ4v) is 4.19. The lowest BCUT2D eigenvalue weighted by Crippen LogP contribution is -2.21. The number of halogens is 2. The number of hydrogen-bond donors (Lipinski definition) is 0. The van der Waals surface area contributed by atoms with Crippen LogP contribution in [-0.2, 0) is 0 Å². The summed E-state index contributed by atoms with van der Waals surface area (Å²) < 4.78 is 0. The van der Waals surface area contributed by atoms with Crippen molar-refractivity contribution in [3.63, 3.8) is 0 Å². The smallest absolute Gasteiger partial charge is 0.00365 e. The first-order valence-electron chi connectivity index (χ1n) is 5.45. The van der Waals surface area contributed by atoms with Crippen LogP contribution in [-0.4, -0.2) is 10.7 Å². The fourth-order valence-electron chi connectivity index (χ4n) is 2.50. The SMILES string of the molecule is BrCCC1(CCBr)CCCCCC1. The van der Waals surface area contributed by atoms with Gasteiger partial charge in [-0.15, -0.1) is 0 Å². The van der Waals surface area contributed by atoms with Crippen LogP contribution in [0.3, 0.4) is 0 Å². The summed E-state index contributed by atoms with van der Waals surface area (Å²) in [7, 11) is 0. The zero-order valence-corrected chi connectivity index (χ0v) is 11.5. The van der Waals surface area contributed by atoms with E-state index in [9.17, 15) is 0 Å². The van der Waals surface area contributed by atoms with E-state index in [0.29, 0.717) is 5.41 Å². The summed E-state index contributed by atoms with van der Waals surface area (Å²) in [6.07, 6.45) is 11.5. The van der Waals surface area contributed by atoms with Gasteiger partial charge in [-0.1, -0.05) is 57.5 Å². The summed E-state index contributed by atoms with van der Waals surface area (Å²) in [6, 6.07) is 0. The van der Waals surface area contributed by atoms with E-state index < -0.39 is 0 Å². The highest BCUT2D eigenvalue weighted by atomic mass is 79.9. The van der Waals surface area contributed by atoms with Gasteiger partial charge in [-0.3, -0.25) is 0 Å². The Morgan fingerprint density at radius 2 is 1.23 bits per heavy atom. The zero-order valence-electron chi connectivity index (χ0n) is 8.33. The van der Waals surface area contributed by atoms with Gasteiger partial charge in [0.25, 0.3) is 0 Å². The molecule has 1 fully saturated rings. The maximum atomic E-state index is 3.60. The van der Waals surface area contributed by atoms with Crippen molar-refractivity contribution in [3.05, 3.63) is 0 Å². The Morgan fingerprint density at radius 1 is 0.769 bits per heavy atom. The van der Waals surface area contributed by atoms with Crippen LogP contribution < -0.4 is 0 Å². The van der Waals surface area contributed by atoms with Crippen molar-refractivity contribution in [2.45, 2.75) is 51.4 Å². The molecule has 1 aliphatic carbocycles. The summed E-state index contributed by atoms with van der Waals surface area (Å²) in [4.78, 5) is 0. The lowest BCUT2D eigenvalue weighted by Gasteiger charge is -2.31. The molecule has 0 amide bonds. The highest BCUT2D eigenvalue weighted by Crippen LogP contribution is 2.41. The van der Waals surface area contributed by atoms with E-state index in [1.807, 2.05) is 0 Å². The second kappa shape index (κ2) is 6.44. The van der Waals surface area contributed by atoms with Gasteiger partial charge in [-0.2, -0.15) is 0 Å². The molecule has 0 heterocycles. The third kappa shape index (κ3) is 3.91. The highest BCUT2D eigenvalue weighted by Gasteiger charge is 2.29. The van der Waals surface area contributed by atoms with Crippen LogP contribution in [0.15, 0.2) is 0 Å². The Balaban J connectivity index is 2.50. The first kappa shape index (κ1) is 12.0. The van der Waals surface area contributed by atoms with Gasteiger partial charge in [0.15, 0.2) is 0 Å². The highest BCUT2D eigenvalue weighted by molar-refractivity contribution is 9.09. The van der Waals surface area contributed by atoms with Gasteiger partial charge in [0.05, 0.1) is 0 Å². The maximum absolute atomic E-state index is 3.60. The van der Waals surface area contributed by atoms with E-state index in [2.05, 4.69) is 31.9 Å². The molecule has 13 heavy (non-hydrogen) atoms. The Labute approximate surface area is 99.1 Å². The normalized spacial score (nSPS) is 22.6. The second-order valence-corrected chi connectivity index (χ2v) is 5.88. The lowest BCUT2D eigenvalue weighted by molar-refractivity contribution is 0.229. The first-order chi connectivity index (χ1) is 6.33. The Morgan fingerprint density at radius 3 is 1.62 bits per heavy atom. The number of hydrogen-bond acceptors (Lipinski definition) is 0. The molecule has 0 aromatic rings. The molecule has 0 N–H and O–H groups in total. The quantitative estimate of drug-likeness (QED) is 0.512. The molecule has 78 valence electrons. The van der Waals surface area contributed by atoms with Crippen LogP contribution in [0.4, 0.5) is 0 Å². The average Bonchev–Trinajstić information content (AvgIpc) is 2.32. The summed E-state index contributed by atoms with van der Waals surface area (Å²) >= 11 is 7.20. The van der Waals surface area contributed by atoms with Crippen molar-refractivity contribution in [3.8, 4) is 0 Å². The summed E-state index contributed by atoms with van der Waals surface area (Å²) in [5.41, 5.74) is 0.670. The van der Waals surface area contributed by atoms with Crippen LogP contribution in [0.1, 0.15) is 51.4 Å². The van der Waals surface area contributed by atoms with Gasteiger partial charge >= 0.3 is 0 Å². The van der Waals surface area contributed by atoms with E-state index in [1.165, 1.54) is 62.0 Å². The van der Waals surface area contributed by atoms with Crippen LogP contribution in [0.5, 0.6) is 0 Å². The standard InChI is InChI=1S/C11H20Br2/c12-9-7-11(8-10-13)5-3-1-2-4-6-11/h1-10H2. The molecule has 0 spiro atoms. The van der Waals surface area contributed by atoms with Gasteiger partial charge in [0, 0.05) is 10.7 Å². The van der Waals surface area contributed by atoms with Crippen molar-refractivity contribution in [1.29, 1.82) is 0 Å². The second-order valence-electron chi connectivity index (χ2n) is 4.29. The average molecular weight is 312 g/mol. The van der Waals surface area contributed by atoms with Crippen LogP contribution in [0.2, 0.25) is 0 Å². The van der Waals surface area contributed by atoms with Crippen LogP contribution >= 0.6 is 31.9 Å².